The van der Waals surface area contributed by atoms with Crippen LogP contribution < -0.4 is 0 Å². The van der Waals surface area contributed by atoms with Crippen molar-refractivity contribution < 1.29 is 19.1 Å². The highest BCUT2D eigenvalue weighted by molar-refractivity contribution is 6.30. The number of benzene rings is 1. The zero-order valence-electron chi connectivity index (χ0n) is 11.0. The summed E-state index contributed by atoms with van der Waals surface area (Å²) in [6, 6.07) is 3.54. The molecular formula is C14H15ClFNO3. The molecule has 0 aliphatic carbocycles. The maximum Gasteiger partial charge on any atom is 0.309 e. The molecule has 1 aromatic rings. The summed E-state index contributed by atoms with van der Waals surface area (Å²) in [4.78, 5) is 24.8. The van der Waals surface area contributed by atoms with Gasteiger partial charge in [0.15, 0.2) is 0 Å². The Morgan fingerprint density at radius 3 is 2.80 bits per heavy atom. The number of amides is 1. The first-order valence-electron chi connectivity index (χ1n) is 6.43. The average Bonchev–Trinajstić information content (AvgIpc) is 2.71. The Bertz CT molecular complexity index is 549. The molecule has 0 radical (unpaired) electrons. The molecule has 20 heavy (non-hydrogen) atoms. The molecule has 0 bridgehead atoms. The highest BCUT2D eigenvalue weighted by Gasteiger charge is 2.44. The molecule has 2 atom stereocenters. The lowest BCUT2D eigenvalue weighted by Crippen LogP contribution is -2.31. The van der Waals surface area contributed by atoms with Crippen LogP contribution in [-0.4, -0.2) is 28.4 Å². The molecule has 0 saturated carbocycles. The van der Waals surface area contributed by atoms with Gasteiger partial charge in [-0.2, -0.15) is 0 Å². The van der Waals surface area contributed by atoms with Crippen LogP contribution in [-0.2, 0) is 9.59 Å². The van der Waals surface area contributed by atoms with Gasteiger partial charge in [0.2, 0.25) is 5.91 Å². The fraction of sp³-hybridized carbons (Fsp3) is 0.429. The number of carbonyl (C=O) groups excluding carboxylic acids is 1. The fourth-order valence-corrected chi connectivity index (χ4v) is 2.74. The molecule has 2 unspecified atom stereocenters. The molecule has 1 saturated heterocycles. The van der Waals surface area contributed by atoms with Crippen molar-refractivity contribution in [2.24, 2.45) is 5.92 Å². The van der Waals surface area contributed by atoms with E-state index in [2.05, 4.69) is 0 Å². The lowest BCUT2D eigenvalue weighted by Gasteiger charge is -2.27. The quantitative estimate of drug-likeness (QED) is 0.930. The third-order valence-corrected chi connectivity index (χ3v) is 3.81. The van der Waals surface area contributed by atoms with Crippen molar-refractivity contribution in [3.05, 3.63) is 34.6 Å². The first-order valence-corrected chi connectivity index (χ1v) is 6.80. The molecule has 6 heteroatoms. The Hall–Kier alpha value is -1.62. The fourth-order valence-electron chi connectivity index (χ4n) is 2.63. The summed E-state index contributed by atoms with van der Waals surface area (Å²) in [5.74, 6) is -2.71. The molecule has 1 aliphatic rings. The number of carboxylic acid groups (broad SMARTS) is 1. The summed E-state index contributed by atoms with van der Waals surface area (Å²) in [5, 5.41) is 9.25. The summed E-state index contributed by atoms with van der Waals surface area (Å²) in [6.45, 7) is 2.36. The van der Waals surface area contributed by atoms with Crippen molar-refractivity contribution in [3.8, 4) is 0 Å². The second-order valence-corrected chi connectivity index (χ2v) is 5.26. The number of hydrogen-bond donors (Lipinski definition) is 1. The van der Waals surface area contributed by atoms with Gasteiger partial charge in [0.1, 0.15) is 5.82 Å². The normalized spacial score (nSPS) is 22.4. The minimum Gasteiger partial charge on any atom is -0.481 e. The first kappa shape index (κ1) is 14.8. The van der Waals surface area contributed by atoms with Gasteiger partial charge < -0.3 is 10.0 Å². The van der Waals surface area contributed by atoms with Crippen LogP contribution in [0, 0.1) is 11.7 Å². The van der Waals surface area contributed by atoms with E-state index in [-0.39, 0.29) is 17.4 Å². The first-order chi connectivity index (χ1) is 9.45. The van der Waals surface area contributed by atoms with E-state index in [1.165, 1.54) is 17.0 Å². The van der Waals surface area contributed by atoms with Gasteiger partial charge in [0, 0.05) is 13.0 Å². The Balaban J connectivity index is 2.43. The Labute approximate surface area is 121 Å². The largest absolute Gasteiger partial charge is 0.481 e. The number of carbonyl (C=O) groups is 2. The van der Waals surface area contributed by atoms with E-state index in [1.807, 2.05) is 6.92 Å². The minimum atomic E-state index is -1.04. The number of rotatable bonds is 4. The van der Waals surface area contributed by atoms with Gasteiger partial charge >= 0.3 is 5.97 Å². The van der Waals surface area contributed by atoms with Gasteiger partial charge in [-0.3, -0.25) is 9.59 Å². The maximum atomic E-state index is 13.6. The summed E-state index contributed by atoms with van der Waals surface area (Å²) in [6.07, 6.45) is 0.662. The van der Waals surface area contributed by atoms with Crippen LogP contribution in [0.15, 0.2) is 18.2 Å². The number of nitrogens with zero attached hydrogens (tertiary/aromatic N) is 1. The molecule has 1 N–H and O–H groups in total. The standard InChI is InChI=1S/C14H15ClFNO3/c1-2-5-17-12(18)7-9(14(19)20)13(17)8-3-4-10(15)11(16)6-8/h3-4,6,9,13H,2,5,7H2,1H3,(H,19,20). The van der Waals surface area contributed by atoms with Gasteiger partial charge in [0.05, 0.1) is 17.0 Å². The van der Waals surface area contributed by atoms with Crippen molar-refractivity contribution in [2.45, 2.75) is 25.8 Å². The molecule has 4 nitrogen and oxygen atoms in total. The summed E-state index contributed by atoms with van der Waals surface area (Å²) < 4.78 is 13.6. The Morgan fingerprint density at radius 2 is 2.25 bits per heavy atom. The van der Waals surface area contributed by atoms with E-state index in [0.717, 1.165) is 0 Å². The number of hydrogen-bond acceptors (Lipinski definition) is 2. The maximum absolute atomic E-state index is 13.6. The van der Waals surface area contributed by atoms with Gasteiger partial charge in [0.25, 0.3) is 0 Å². The smallest absolute Gasteiger partial charge is 0.309 e. The van der Waals surface area contributed by atoms with Crippen LogP contribution in [0.2, 0.25) is 5.02 Å². The zero-order chi connectivity index (χ0) is 14.9. The second-order valence-electron chi connectivity index (χ2n) is 4.85. The van der Waals surface area contributed by atoms with Crippen LogP contribution in [0.25, 0.3) is 0 Å². The van der Waals surface area contributed by atoms with Gasteiger partial charge in [-0.25, -0.2) is 4.39 Å². The van der Waals surface area contributed by atoms with Crippen LogP contribution in [0.5, 0.6) is 0 Å². The molecule has 108 valence electrons. The number of likely N-dealkylation sites (tertiary alicyclic amines) is 1. The Morgan fingerprint density at radius 1 is 1.55 bits per heavy atom. The SMILES string of the molecule is CCCN1C(=O)CC(C(=O)O)C1c1ccc(Cl)c(F)c1. The summed E-state index contributed by atoms with van der Waals surface area (Å²) in [5.41, 5.74) is 0.471. The van der Waals surface area contributed by atoms with E-state index in [1.54, 1.807) is 6.07 Å². The molecular weight excluding hydrogens is 285 g/mol. The van der Waals surface area contributed by atoms with Crippen molar-refractivity contribution in [1.29, 1.82) is 0 Å². The summed E-state index contributed by atoms with van der Waals surface area (Å²) in [7, 11) is 0. The lowest BCUT2D eigenvalue weighted by molar-refractivity contribution is -0.142. The summed E-state index contributed by atoms with van der Waals surface area (Å²) >= 11 is 5.64. The number of carboxylic acids is 1. The van der Waals surface area contributed by atoms with Gasteiger partial charge in [-0.15, -0.1) is 0 Å². The van der Waals surface area contributed by atoms with Crippen molar-refractivity contribution in [1.82, 2.24) is 4.90 Å². The van der Waals surface area contributed by atoms with Crippen LogP contribution in [0.3, 0.4) is 0 Å². The topological polar surface area (TPSA) is 57.6 Å². The molecule has 0 aromatic heterocycles. The monoisotopic (exact) mass is 299 g/mol. The minimum absolute atomic E-state index is 0.0213. The van der Waals surface area contributed by atoms with Crippen LogP contribution in [0.4, 0.5) is 4.39 Å². The van der Waals surface area contributed by atoms with Gasteiger partial charge in [-0.05, 0) is 24.1 Å². The highest BCUT2D eigenvalue weighted by Crippen LogP contribution is 2.39. The zero-order valence-corrected chi connectivity index (χ0v) is 11.7. The van der Waals surface area contributed by atoms with Crippen molar-refractivity contribution in [3.63, 3.8) is 0 Å². The van der Waals surface area contributed by atoms with Crippen molar-refractivity contribution >= 4 is 23.5 Å². The van der Waals surface area contributed by atoms with E-state index >= 15 is 0 Å². The van der Waals surface area contributed by atoms with Crippen LogP contribution in [0.1, 0.15) is 31.4 Å². The van der Waals surface area contributed by atoms with Gasteiger partial charge in [-0.1, -0.05) is 24.6 Å². The Kier molecular flexibility index (Phi) is 4.28. The molecule has 1 aliphatic heterocycles. The predicted molar refractivity (Wildman–Crippen MR) is 71.9 cm³/mol. The third kappa shape index (κ3) is 2.63. The molecule has 1 fully saturated rings. The van der Waals surface area contributed by atoms with E-state index in [9.17, 15) is 19.1 Å². The molecule has 1 aromatic carbocycles. The van der Waals surface area contributed by atoms with E-state index in [0.29, 0.717) is 18.5 Å². The second kappa shape index (κ2) is 5.79. The molecule has 1 amide bonds. The number of halogens is 2. The highest BCUT2D eigenvalue weighted by atomic mass is 35.5. The van der Waals surface area contributed by atoms with Crippen molar-refractivity contribution in [2.75, 3.05) is 6.54 Å². The average molecular weight is 300 g/mol. The molecule has 0 spiro atoms. The van der Waals surface area contributed by atoms with E-state index in [4.69, 9.17) is 11.6 Å². The molecule has 2 rings (SSSR count). The predicted octanol–water partition coefficient (Wildman–Crippen LogP) is 2.86. The third-order valence-electron chi connectivity index (χ3n) is 3.50. The van der Waals surface area contributed by atoms with E-state index < -0.39 is 23.7 Å². The lowest BCUT2D eigenvalue weighted by atomic mass is 9.93. The molecule has 1 heterocycles. The number of aliphatic carboxylic acids is 1. The van der Waals surface area contributed by atoms with Crippen LogP contribution >= 0.6 is 11.6 Å².